The van der Waals surface area contributed by atoms with Crippen molar-refractivity contribution >= 4 is 30.9 Å². The number of amides is 1. The van der Waals surface area contributed by atoms with Crippen molar-refractivity contribution in [1.82, 2.24) is 5.32 Å². The fourth-order valence-electron chi connectivity index (χ4n) is 4.49. The lowest BCUT2D eigenvalue weighted by Gasteiger charge is -2.23. The van der Waals surface area contributed by atoms with Gasteiger partial charge in [0, 0.05) is 44.6 Å². The van der Waals surface area contributed by atoms with Gasteiger partial charge in [0.1, 0.15) is 5.78 Å². The summed E-state index contributed by atoms with van der Waals surface area (Å²) < 4.78 is 0.706. The van der Waals surface area contributed by atoms with Gasteiger partial charge in [0.2, 0.25) is 5.91 Å². The Morgan fingerprint density at radius 1 is 0.658 bits per heavy atom. The summed E-state index contributed by atoms with van der Waals surface area (Å²) in [4.78, 5) is 60.1. The number of quaternary nitrogens is 1. The van der Waals surface area contributed by atoms with Crippen LogP contribution in [0.2, 0.25) is 0 Å². The van der Waals surface area contributed by atoms with Crippen LogP contribution >= 0.6 is 8.15 Å². The molecule has 0 heterocycles. The molecule has 7 nitrogen and oxygen atoms in total. The van der Waals surface area contributed by atoms with Crippen LogP contribution in [0.15, 0.2) is 0 Å². The maximum absolute atomic E-state index is 12.6. The highest BCUT2D eigenvalue weighted by atomic mass is 31.1. The number of carbonyl (C=O) groups excluding carboxylic acids is 4. The molecule has 1 amide bonds. The lowest BCUT2D eigenvalue weighted by Crippen LogP contribution is -2.38. The zero-order chi connectivity index (χ0) is 28.8. The van der Waals surface area contributed by atoms with Crippen molar-refractivity contribution < 1.29 is 28.6 Å². The number of ketones is 1. The molecule has 0 rings (SSSR count). The fraction of sp³-hybridized carbons (Fsp3) is 0.867. The standard InChI is InChI=1S/C30H57N2O5P/c1-6-8-9-10-11-12-13-14-15-16-17-18-21-27(33)24-26(31-28(34)20-7-2)25-30(36)38(37)29(35)22-19-23-32(3,4)5/h26,37H,6-25H2,1-5H3/p+1. The SMILES string of the molecule is CCCCCCCCCCCCCCC(=O)CC(CC(=O)P(O)C(=O)CCC[N+](C)(C)C)NC(=O)CCC. The number of hydrogen-bond donors (Lipinski definition) is 2. The highest BCUT2D eigenvalue weighted by Crippen LogP contribution is 2.36. The van der Waals surface area contributed by atoms with Gasteiger partial charge in [-0.25, -0.2) is 0 Å². The largest absolute Gasteiger partial charge is 0.360 e. The van der Waals surface area contributed by atoms with Gasteiger partial charge in [-0.05, 0) is 12.8 Å². The summed E-state index contributed by atoms with van der Waals surface area (Å²) in [6.07, 6.45) is 16.8. The highest BCUT2D eigenvalue weighted by Gasteiger charge is 2.28. The third-order valence-electron chi connectivity index (χ3n) is 6.74. The quantitative estimate of drug-likeness (QED) is 0.0705. The molecule has 222 valence electrons. The predicted octanol–water partition coefficient (Wildman–Crippen LogP) is 6.64. The first-order chi connectivity index (χ1) is 18.0. The Bertz CT molecular complexity index is 678. The van der Waals surface area contributed by atoms with Crippen molar-refractivity contribution in [1.29, 1.82) is 0 Å². The van der Waals surface area contributed by atoms with Gasteiger partial charge in [-0.2, -0.15) is 0 Å². The maximum Gasteiger partial charge on any atom is 0.220 e. The van der Waals surface area contributed by atoms with Crippen LogP contribution in [-0.4, -0.2) is 65.8 Å². The summed E-state index contributed by atoms with van der Waals surface area (Å²) in [5.41, 5.74) is -0.991. The minimum absolute atomic E-state index is 0.0169. The van der Waals surface area contributed by atoms with E-state index >= 15 is 0 Å². The maximum atomic E-state index is 12.6. The lowest BCUT2D eigenvalue weighted by atomic mass is 10.0. The van der Waals surface area contributed by atoms with E-state index in [4.69, 9.17) is 0 Å². The monoisotopic (exact) mass is 557 g/mol. The summed E-state index contributed by atoms with van der Waals surface area (Å²) in [6.45, 7) is 4.90. The average Bonchev–Trinajstić information content (AvgIpc) is 2.83. The van der Waals surface area contributed by atoms with Gasteiger partial charge < -0.3 is 14.7 Å². The number of Topliss-reactive ketones (excluding diaryl/α,β-unsaturated/α-hetero) is 1. The van der Waals surface area contributed by atoms with E-state index in [1.54, 1.807) is 0 Å². The first kappa shape index (κ1) is 36.8. The van der Waals surface area contributed by atoms with Gasteiger partial charge in [-0.15, -0.1) is 0 Å². The van der Waals surface area contributed by atoms with Crippen LogP contribution in [0.4, 0.5) is 0 Å². The van der Waals surface area contributed by atoms with Gasteiger partial charge in [-0.1, -0.05) is 84.5 Å². The van der Waals surface area contributed by atoms with Crippen molar-refractivity contribution in [2.24, 2.45) is 0 Å². The molecule has 2 unspecified atom stereocenters. The van der Waals surface area contributed by atoms with E-state index in [0.29, 0.717) is 30.2 Å². The summed E-state index contributed by atoms with van der Waals surface area (Å²) in [6, 6.07) is -0.664. The van der Waals surface area contributed by atoms with Crippen LogP contribution in [0.3, 0.4) is 0 Å². The van der Waals surface area contributed by atoms with Crippen LogP contribution in [0.1, 0.15) is 136 Å². The van der Waals surface area contributed by atoms with Gasteiger partial charge in [0.05, 0.1) is 27.7 Å². The van der Waals surface area contributed by atoms with Gasteiger partial charge in [0.25, 0.3) is 0 Å². The average molecular weight is 558 g/mol. The molecule has 0 aromatic heterocycles. The Hall–Kier alpha value is -1.17. The van der Waals surface area contributed by atoms with E-state index in [1.807, 2.05) is 28.1 Å². The van der Waals surface area contributed by atoms with E-state index in [1.165, 1.54) is 57.8 Å². The van der Waals surface area contributed by atoms with E-state index in [-0.39, 0.29) is 31.0 Å². The normalized spacial score (nSPS) is 13.2. The van der Waals surface area contributed by atoms with Gasteiger partial charge >= 0.3 is 0 Å². The van der Waals surface area contributed by atoms with Crippen molar-refractivity contribution in [2.45, 2.75) is 142 Å². The zero-order valence-electron chi connectivity index (χ0n) is 25.2. The smallest absolute Gasteiger partial charge is 0.220 e. The molecule has 0 bridgehead atoms. The van der Waals surface area contributed by atoms with Crippen LogP contribution in [0, 0.1) is 0 Å². The Morgan fingerprint density at radius 2 is 1.18 bits per heavy atom. The summed E-state index contributed by atoms with van der Waals surface area (Å²) >= 11 is 0. The minimum Gasteiger partial charge on any atom is -0.360 e. The van der Waals surface area contributed by atoms with E-state index in [9.17, 15) is 24.1 Å². The summed E-state index contributed by atoms with van der Waals surface area (Å²) in [5.74, 6) is -0.191. The second-order valence-corrected chi connectivity index (χ2v) is 13.4. The first-order valence-corrected chi connectivity index (χ1v) is 16.5. The number of rotatable bonds is 26. The van der Waals surface area contributed by atoms with Crippen molar-refractivity contribution in [3.63, 3.8) is 0 Å². The number of nitrogens with one attached hydrogen (secondary N) is 1. The Balaban J connectivity index is 4.40. The highest BCUT2D eigenvalue weighted by molar-refractivity contribution is 7.84. The molecule has 8 heteroatoms. The molecule has 0 aliphatic rings. The molecular weight excluding hydrogens is 499 g/mol. The zero-order valence-corrected chi connectivity index (χ0v) is 26.1. The molecule has 0 saturated carbocycles. The molecule has 0 aliphatic carbocycles. The molecular formula is C30H58N2O5P+. The number of nitrogens with zero attached hydrogens (tertiary/aromatic N) is 1. The van der Waals surface area contributed by atoms with Gasteiger partial charge in [0.15, 0.2) is 19.2 Å². The van der Waals surface area contributed by atoms with Crippen molar-refractivity contribution in [2.75, 3.05) is 27.7 Å². The van der Waals surface area contributed by atoms with Crippen molar-refractivity contribution in [3.05, 3.63) is 0 Å². The topological polar surface area (TPSA) is 101 Å². The van der Waals surface area contributed by atoms with Crippen LogP contribution in [0.5, 0.6) is 0 Å². The van der Waals surface area contributed by atoms with Gasteiger partial charge in [-0.3, -0.25) is 19.2 Å². The molecule has 0 radical (unpaired) electrons. The lowest BCUT2D eigenvalue weighted by molar-refractivity contribution is -0.870. The molecule has 0 aliphatic heterocycles. The van der Waals surface area contributed by atoms with E-state index < -0.39 is 25.2 Å². The molecule has 0 aromatic carbocycles. The van der Waals surface area contributed by atoms with Crippen LogP contribution in [-0.2, 0) is 19.2 Å². The molecule has 38 heavy (non-hydrogen) atoms. The summed E-state index contributed by atoms with van der Waals surface area (Å²) in [7, 11) is 3.65. The molecule has 0 aromatic rings. The van der Waals surface area contributed by atoms with Crippen LogP contribution in [0.25, 0.3) is 0 Å². The molecule has 2 atom stereocenters. The van der Waals surface area contributed by atoms with Crippen LogP contribution < -0.4 is 5.32 Å². The first-order valence-electron chi connectivity index (χ1n) is 15.2. The number of unbranched alkanes of at least 4 members (excludes halogenated alkanes) is 11. The second-order valence-electron chi connectivity index (χ2n) is 11.8. The molecule has 0 spiro atoms. The van der Waals surface area contributed by atoms with Crippen molar-refractivity contribution in [3.8, 4) is 0 Å². The molecule has 0 saturated heterocycles. The number of carbonyl (C=O) groups is 4. The third-order valence-corrected chi connectivity index (χ3v) is 8.09. The second kappa shape index (κ2) is 22.6. The third kappa shape index (κ3) is 21.7. The number of hydrogen-bond acceptors (Lipinski definition) is 5. The Labute approximate surface area is 234 Å². The van der Waals surface area contributed by atoms with E-state index in [2.05, 4.69) is 12.2 Å². The van der Waals surface area contributed by atoms with E-state index in [0.717, 1.165) is 25.8 Å². The molecule has 0 fully saturated rings. The molecule has 2 N–H and O–H groups in total. The summed E-state index contributed by atoms with van der Waals surface area (Å²) in [5, 5.41) is 2.79. The Morgan fingerprint density at radius 3 is 1.68 bits per heavy atom. The Kier molecular flexibility index (Phi) is 21.9. The fourth-order valence-corrected chi connectivity index (χ4v) is 5.53. The predicted molar refractivity (Wildman–Crippen MR) is 158 cm³/mol. The minimum atomic E-state index is -2.42.